The molecule has 0 aliphatic heterocycles. The fourth-order valence-electron chi connectivity index (χ4n) is 2.96. The van der Waals surface area contributed by atoms with E-state index in [0.717, 1.165) is 6.42 Å². The topological polar surface area (TPSA) is 43.4 Å². The van der Waals surface area contributed by atoms with Crippen molar-refractivity contribution in [3.63, 3.8) is 0 Å². The van der Waals surface area contributed by atoms with Crippen LogP contribution >= 0.6 is 0 Å². The molecular weight excluding hydrogens is 324 g/mol. The molecule has 3 heteroatoms. The zero-order chi connectivity index (χ0) is 19.3. The fourth-order valence-corrected chi connectivity index (χ4v) is 2.96. The number of hydrogen-bond acceptors (Lipinski definition) is 3. The van der Waals surface area contributed by atoms with Gasteiger partial charge in [0.2, 0.25) is 0 Å². The van der Waals surface area contributed by atoms with Crippen LogP contribution in [0.3, 0.4) is 0 Å². The Morgan fingerprint density at radius 3 is 1.73 bits per heavy atom. The Morgan fingerprint density at radius 2 is 1.35 bits per heavy atom. The first-order valence-electron chi connectivity index (χ1n) is 9.11. The number of rotatable bonds is 7. The van der Waals surface area contributed by atoms with Crippen LogP contribution in [0.15, 0.2) is 48.5 Å². The number of ether oxygens (including phenoxy) is 1. The summed E-state index contributed by atoms with van der Waals surface area (Å²) in [5.74, 6) is -0.181. The van der Waals surface area contributed by atoms with E-state index in [9.17, 15) is 9.59 Å². The average Bonchev–Trinajstić information content (AvgIpc) is 2.64. The van der Waals surface area contributed by atoms with Gasteiger partial charge >= 0.3 is 0 Å². The molecule has 0 aliphatic rings. The van der Waals surface area contributed by atoms with Gasteiger partial charge in [0, 0.05) is 11.1 Å². The third-order valence-corrected chi connectivity index (χ3v) is 4.62. The first-order chi connectivity index (χ1) is 12.3. The van der Waals surface area contributed by atoms with Crippen molar-refractivity contribution < 1.29 is 14.3 Å². The van der Waals surface area contributed by atoms with Gasteiger partial charge in [0.15, 0.2) is 11.6 Å². The van der Waals surface area contributed by atoms with Crippen LogP contribution in [0, 0.1) is 5.92 Å². The van der Waals surface area contributed by atoms with Crippen LogP contribution in [0.4, 0.5) is 0 Å². The van der Waals surface area contributed by atoms with Gasteiger partial charge in [-0.1, -0.05) is 58.4 Å². The van der Waals surface area contributed by atoms with Crippen LogP contribution in [0.25, 0.3) is 0 Å². The summed E-state index contributed by atoms with van der Waals surface area (Å²) in [6.07, 6.45) is 1.32. The van der Waals surface area contributed by atoms with E-state index in [2.05, 4.69) is 20.8 Å². The van der Waals surface area contributed by atoms with Gasteiger partial charge in [-0.2, -0.15) is 0 Å². The molecule has 0 saturated carbocycles. The van der Waals surface area contributed by atoms with Gasteiger partial charge in [-0.05, 0) is 41.7 Å². The lowest BCUT2D eigenvalue weighted by Gasteiger charge is -2.20. The molecule has 1 atom stereocenters. The number of ketones is 2. The average molecular weight is 352 g/mol. The highest BCUT2D eigenvalue weighted by Crippen LogP contribution is 2.25. The molecule has 2 rings (SSSR count). The van der Waals surface area contributed by atoms with Crippen molar-refractivity contribution >= 4 is 11.6 Å². The van der Waals surface area contributed by atoms with Gasteiger partial charge < -0.3 is 4.74 Å². The zero-order valence-electron chi connectivity index (χ0n) is 16.3. The minimum atomic E-state index is -0.645. The molecule has 0 heterocycles. The molecule has 0 aliphatic carbocycles. The Hall–Kier alpha value is -2.42. The van der Waals surface area contributed by atoms with Gasteiger partial charge in [0.1, 0.15) is 5.75 Å². The second kappa shape index (κ2) is 8.31. The minimum absolute atomic E-state index is 0.0311. The fraction of sp³-hybridized carbons (Fsp3) is 0.391. The van der Waals surface area contributed by atoms with Crippen molar-refractivity contribution in [2.75, 3.05) is 7.11 Å². The molecule has 0 spiro atoms. The second-order valence-corrected chi connectivity index (χ2v) is 7.63. The molecule has 26 heavy (non-hydrogen) atoms. The number of methoxy groups -OCH3 is 1. The molecule has 0 radical (unpaired) electrons. The Morgan fingerprint density at radius 1 is 0.885 bits per heavy atom. The van der Waals surface area contributed by atoms with Crippen molar-refractivity contribution in [1.82, 2.24) is 0 Å². The maximum Gasteiger partial charge on any atom is 0.173 e. The predicted octanol–water partition coefficient (Wildman–Crippen LogP) is 5.47. The van der Waals surface area contributed by atoms with E-state index in [1.807, 2.05) is 31.2 Å². The molecule has 0 amide bonds. The molecule has 1 unspecified atom stereocenters. The lowest BCUT2D eigenvalue weighted by Crippen LogP contribution is -2.24. The smallest absolute Gasteiger partial charge is 0.173 e. The number of carbonyl (C=O) groups excluding carboxylic acids is 2. The Balaban J connectivity index is 2.27. The molecule has 3 nitrogen and oxygen atoms in total. The standard InChI is InChI=1S/C23H28O3/c1-6-7-20(22(25)17-10-14-19(26-5)15-11-17)21(24)16-8-12-18(13-9-16)23(2,3)4/h8-15,20H,6-7H2,1-5H3. The lowest BCUT2D eigenvalue weighted by atomic mass is 9.84. The van der Waals surface area contributed by atoms with Crippen molar-refractivity contribution in [1.29, 1.82) is 0 Å². The molecule has 0 fully saturated rings. The molecule has 2 aromatic rings. The summed E-state index contributed by atoms with van der Waals surface area (Å²) in [7, 11) is 1.58. The van der Waals surface area contributed by atoms with E-state index in [1.54, 1.807) is 31.4 Å². The third kappa shape index (κ3) is 4.60. The Kier molecular flexibility index (Phi) is 6.36. The summed E-state index contributed by atoms with van der Waals surface area (Å²) in [6.45, 7) is 8.40. The zero-order valence-corrected chi connectivity index (χ0v) is 16.3. The predicted molar refractivity (Wildman–Crippen MR) is 105 cm³/mol. The SMILES string of the molecule is CCCC(C(=O)c1ccc(OC)cc1)C(=O)c1ccc(C(C)(C)C)cc1. The van der Waals surface area contributed by atoms with Crippen LogP contribution < -0.4 is 4.74 Å². The van der Waals surface area contributed by atoms with Crippen LogP contribution in [-0.2, 0) is 5.41 Å². The van der Waals surface area contributed by atoms with Crippen molar-refractivity contribution in [2.24, 2.45) is 5.92 Å². The third-order valence-electron chi connectivity index (χ3n) is 4.62. The molecule has 0 aromatic heterocycles. The van der Waals surface area contributed by atoms with Crippen molar-refractivity contribution in [3.05, 3.63) is 65.2 Å². The molecule has 2 aromatic carbocycles. The molecular formula is C23H28O3. The van der Waals surface area contributed by atoms with E-state index in [0.29, 0.717) is 23.3 Å². The highest BCUT2D eigenvalue weighted by molar-refractivity contribution is 6.16. The number of Topliss-reactive ketones (excluding diaryl/α,β-unsaturated/α-hetero) is 2. The van der Waals surface area contributed by atoms with Gasteiger partial charge in [0.05, 0.1) is 13.0 Å². The maximum absolute atomic E-state index is 13.0. The van der Waals surface area contributed by atoms with E-state index in [4.69, 9.17) is 4.74 Å². The highest BCUT2D eigenvalue weighted by Gasteiger charge is 2.28. The van der Waals surface area contributed by atoms with E-state index in [-0.39, 0.29) is 17.0 Å². The van der Waals surface area contributed by atoms with E-state index >= 15 is 0 Å². The molecule has 0 bridgehead atoms. The molecule has 138 valence electrons. The quantitative estimate of drug-likeness (QED) is 0.490. The summed E-state index contributed by atoms with van der Waals surface area (Å²) < 4.78 is 5.13. The maximum atomic E-state index is 13.0. The Bertz CT molecular complexity index is 750. The van der Waals surface area contributed by atoms with E-state index < -0.39 is 5.92 Å². The van der Waals surface area contributed by atoms with Crippen molar-refractivity contribution in [2.45, 2.75) is 46.0 Å². The number of hydrogen-bond donors (Lipinski definition) is 0. The largest absolute Gasteiger partial charge is 0.497 e. The van der Waals surface area contributed by atoms with Gasteiger partial charge in [0.25, 0.3) is 0 Å². The first kappa shape index (κ1) is 19.9. The summed E-state index contributed by atoms with van der Waals surface area (Å²) >= 11 is 0. The second-order valence-electron chi connectivity index (χ2n) is 7.63. The molecule has 0 saturated heterocycles. The van der Waals surface area contributed by atoms with Crippen LogP contribution in [0.5, 0.6) is 5.75 Å². The summed E-state index contributed by atoms with van der Waals surface area (Å²) in [6, 6.07) is 14.6. The highest BCUT2D eigenvalue weighted by atomic mass is 16.5. The lowest BCUT2D eigenvalue weighted by molar-refractivity contribution is 0.0798. The monoisotopic (exact) mass is 352 g/mol. The number of carbonyl (C=O) groups is 2. The van der Waals surface area contributed by atoms with Crippen molar-refractivity contribution in [3.8, 4) is 5.75 Å². The number of benzene rings is 2. The Labute approximate surface area is 156 Å². The summed E-state index contributed by atoms with van der Waals surface area (Å²) in [4.78, 5) is 25.9. The van der Waals surface area contributed by atoms with Gasteiger partial charge in [-0.3, -0.25) is 9.59 Å². The first-order valence-corrected chi connectivity index (χ1v) is 9.11. The summed E-state index contributed by atoms with van der Waals surface area (Å²) in [5, 5.41) is 0. The molecule has 0 N–H and O–H groups in total. The van der Waals surface area contributed by atoms with E-state index in [1.165, 1.54) is 5.56 Å². The normalized spacial score (nSPS) is 12.5. The minimum Gasteiger partial charge on any atom is -0.497 e. The summed E-state index contributed by atoms with van der Waals surface area (Å²) in [5.41, 5.74) is 2.34. The van der Waals surface area contributed by atoms with Gasteiger partial charge in [-0.15, -0.1) is 0 Å². The van der Waals surface area contributed by atoms with Crippen LogP contribution in [-0.4, -0.2) is 18.7 Å². The van der Waals surface area contributed by atoms with Gasteiger partial charge in [-0.25, -0.2) is 0 Å². The van der Waals surface area contributed by atoms with Crippen LogP contribution in [0.2, 0.25) is 0 Å². The van der Waals surface area contributed by atoms with Crippen LogP contribution in [0.1, 0.15) is 66.8 Å².